The van der Waals surface area contributed by atoms with Crippen molar-refractivity contribution in [2.45, 2.75) is 46.5 Å². The van der Waals surface area contributed by atoms with E-state index in [1.807, 2.05) is 30.3 Å². The molecule has 0 spiro atoms. The maximum atomic E-state index is 13.6. The smallest absolute Gasteiger partial charge is 0.352 e. The van der Waals surface area contributed by atoms with E-state index in [0.29, 0.717) is 30.2 Å². The van der Waals surface area contributed by atoms with E-state index in [0.717, 1.165) is 51.2 Å². The zero-order chi connectivity index (χ0) is 26.0. The number of carbonyl (C=O) groups is 1. The van der Waals surface area contributed by atoms with E-state index in [-0.39, 0.29) is 11.5 Å². The van der Waals surface area contributed by atoms with Gasteiger partial charge in [-0.3, -0.25) is 0 Å². The zero-order valence-corrected chi connectivity index (χ0v) is 21.9. The van der Waals surface area contributed by atoms with Gasteiger partial charge in [-0.15, -0.1) is 0 Å². The quantitative estimate of drug-likeness (QED) is 0.231. The van der Waals surface area contributed by atoms with Gasteiger partial charge in [0.1, 0.15) is 17.3 Å². The van der Waals surface area contributed by atoms with E-state index >= 15 is 0 Å². The molecule has 0 aliphatic rings. The molecule has 4 nitrogen and oxygen atoms in total. The van der Waals surface area contributed by atoms with Crippen molar-refractivity contribution in [1.29, 1.82) is 0 Å². The first-order chi connectivity index (χ1) is 17.3. The SMILES string of the molecule is CC/C(C)=C(\CC)c1c(Cl)ccc2c(CCCOc3cccc4cc(F)ccc34)c(C(=O)O)n(C)c12. The van der Waals surface area contributed by atoms with Crippen LogP contribution in [0.4, 0.5) is 4.39 Å². The lowest BCUT2D eigenvalue weighted by Gasteiger charge is -2.15. The largest absolute Gasteiger partial charge is 0.493 e. The molecule has 0 atom stereocenters. The maximum absolute atomic E-state index is 13.6. The van der Waals surface area contributed by atoms with Gasteiger partial charge < -0.3 is 14.4 Å². The van der Waals surface area contributed by atoms with Crippen molar-refractivity contribution in [3.8, 4) is 5.75 Å². The standard InChI is InChI=1S/C30H31ClFNO3/c1-5-18(3)21(6-2)27-25(31)15-14-24-23(29(30(34)35)33(4)28(24)27)10-8-16-36-26-11-7-9-19-17-20(32)12-13-22(19)26/h7,9,11-15,17H,5-6,8,10,16H2,1-4H3,(H,34,35)/b21-18+. The van der Waals surface area contributed by atoms with Crippen molar-refractivity contribution in [3.05, 3.63) is 81.8 Å². The number of carboxylic acid groups (broad SMARTS) is 1. The van der Waals surface area contributed by atoms with Crippen molar-refractivity contribution >= 4 is 44.8 Å². The molecule has 0 bridgehead atoms. The van der Waals surface area contributed by atoms with Gasteiger partial charge >= 0.3 is 5.97 Å². The number of allylic oxidation sites excluding steroid dienone is 2. The number of hydrogen-bond donors (Lipinski definition) is 1. The molecular formula is C30H31ClFNO3. The number of aromatic carboxylic acids is 1. The Labute approximate surface area is 215 Å². The number of nitrogens with zero attached hydrogens (tertiary/aromatic N) is 1. The highest BCUT2D eigenvalue weighted by molar-refractivity contribution is 6.33. The number of ether oxygens (including phenoxy) is 1. The van der Waals surface area contributed by atoms with Crippen molar-refractivity contribution in [2.75, 3.05) is 6.61 Å². The average molecular weight is 508 g/mol. The van der Waals surface area contributed by atoms with E-state index in [9.17, 15) is 14.3 Å². The summed E-state index contributed by atoms with van der Waals surface area (Å²) in [6.07, 6.45) is 2.87. The number of carboxylic acids is 1. The third-order valence-corrected chi connectivity index (χ3v) is 7.26. The van der Waals surface area contributed by atoms with Crippen LogP contribution in [0.25, 0.3) is 27.2 Å². The maximum Gasteiger partial charge on any atom is 0.352 e. The summed E-state index contributed by atoms with van der Waals surface area (Å²) in [4.78, 5) is 12.3. The van der Waals surface area contributed by atoms with E-state index in [1.165, 1.54) is 17.7 Å². The summed E-state index contributed by atoms with van der Waals surface area (Å²) < 4.78 is 21.4. The van der Waals surface area contributed by atoms with Gasteiger partial charge in [-0.25, -0.2) is 9.18 Å². The molecule has 4 aromatic rings. The minimum Gasteiger partial charge on any atom is -0.493 e. The summed E-state index contributed by atoms with van der Waals surface area (Å²) in [5.74, 6) is -0.561. The first kappa shape index (κ1) is 25.8. The fourth-order valence-corrected chi connectivity index (χ4v) is 5.37. The van der Waals surface area contributed by atoms with E-state index in [1.54, 1.807) is 17.7 Å². The van der Waals surface area contributed by atoms with Gasteiger partial charge in [-0.1, -0.05) is 49.2 Å². The topological polar surface area (TPSA) is 51.5 Å². The van der Waals surface area contributed by atoms with Crippen LogP contribution >= 0.6 is 11.6 Å². The summed E-state index contributed by atoms with van der Waals surface area (Å²) in [5, 5.41) is 13.3. The Hall–Kier alpha value is -3.31. The van der Waals surface area contributed by atoms with E-state index in [2.05, 4.69) is 20.8 Å². The van der Waals surface area contributed by atoms with Crippen molar-refractivity contribution < 1.29 is 19.0 Å². The molecule has 36 heavy (non-hydrogen) atoms. The lowest BCUT2D eigenvalue weighted by Crippen LogP contribution is -2.09. The van der Waals surface area contributed by atoms with Crippen molar-refractivity contribution in [3.63, 3.8) is 0 Å². The first-order valence-corrected chi connectivity index (χ1v) is 12.7. The number of aryl methyl sites for hydroxylation is 2. The molecule has 0 saturated carbocycles. The summed E-state index contributed by atoms with van der Waals surface area (Å²) in [6.45, 7) is 6.73. The van der Waals surface area contributed by atoms with Crippen LogP contribution in [0.5, 0.6) is 5.75 Å². The van der Waals surface area contributed by atoms with Crippen LogP contribution in [0.2, 0.25) is 5.02 Å². The van der Waals surface area contributed by atoms with Crippen LogP contribution in [0.3, 0.4) is 0 Å². The number of aromatic nitrogens is 1. The highest BCUT2D eigenvalue weighted by Crippen LogP contribution is 2.39. The van der Waals surface area contributed by atoms with Gasteiger partial charge in [-0.2, -0.15) is 0 Å². The number of hydrogen-bond acceptors (Lipinski definition) is 2. The van der Waals surface area contributed by atoms with Gasteiger partial charge in [0.25, 0.3) is 0 Å². The summed E-state index contributed by atoms with van der Waals surface area (Å²) >= 11 is 6.70. The van der Waals surface area contributed by atoms with Gasteiger partial charge in [0, 0.05) is 23.4 Å². The normalized spacial score (nSPS) is 12.3. The average Bonchev–Trinajstić information content (AvgIpc) is 3.14. The molecule has 1 heterocycles. The zero-order valence-electron chi connectivity index (χ0n) is 21.1. The Bertz CT molecular complexity index is 1490. The third kappa shape index (κ3) is 4.72. The molecule has 3 aromatic carbocycles. The molecular weight excluding hydrogens is 477 g/mol. The molecule has 1 N–H and O–H groups in total. The van der Waals surface area contributed by atoms with Crippen LogP contribution in [0.1, 0.15) is 61.6 Å². The second-order valence-electron chi connectivity index (χ2n) is 9.05. The lowest BCUT2D eigenvalue weighted by atomic mass is 9.94. The molecule has 0 aliphatic heterocycles. The number of rotatable bonds is 9. The van der Waals surface area contributed by atoms with Crippen LogP contribution in [0, 0.1) is 5.82 Å². The third-order valence-electron chi connectivity index (χ3n) is 6.94. The molecule has 0 saturated heterocycles. The first-order valence-electron chi connectivity index (χ1n) is 12.3. The highest BCUT2D eigenvalue weighted by Gasteiger charge is 2.24. The second-order valence-corrected chi connectivity index (χ2v) is 9.46. The number of fused-ring (bicyclic) bond motifs is 2. The predicted molar refractivity (Wildman–Crippen MR) is 146 cm³/mol. The van der Waals surface area contributed by atoms with Crippen LogP contribution < -0.4 is 4.74 Å². The van der Waals surface area contributed by atoms with Crippen LogP contribution in [-0.4, -0.2) is 22.2 Å². The van der Waals surface area contributed by atoms with Crippen molar-refractivity contribution in [2.24, 2.45) is 7.05 Å². The molecule has 1 aromatic heterocycles. The van der Waals surface area contributed by atoms with Crippen LogP contribution in [0.15, 0.2) is 54.1 Å². The Morgan fingerprint density at radius 1 is 1.08 bits per heavy atom. The minimum absolute atomic E-state index is 0.277. The monoisotopic (exact) mass is 507 g/mol. The van der Waals surface area contributed by atoms with Crippen LogP contribution in [-0.2, 0) is 13.5 Å². The fourth-order valence-electron chi connectivity index (χ4n) is 5.10. The molecule has 0 fully saturated rings. The molecule has 0 unspecified atom stereocenters. The highest BCUT2D eigenvalue weighted by atomic mass is 35.5. The molecule has 4 rings (SSSR count). The van der Waals surface area contributed by atoms with Gasteiger partial charge in [0.05, 0.1) is 17.1 Å². The van der Waals surface area contributed by atoms with E-state index < -0.39 is 5.97 Å². The minimum atomic E-state index is -0.961. The van der Waals surface area contributed by atoms with Crippen molar-refractivity contribution in [1.82, 2.24) is 4.57 Å². The molecule has 0 aliphatic carbocycles. The lowest BCUT2D eigenvalue weighted by molar-refractivity contribution is 0.0685. The predicted octanol–water partition coefficient (Wildman–Crippen LogP) is 8.43. The summed E-state index contributed by atoms with van der Waals surface area (Å²) in [7, 11) is 1.80. The second kappa shape index (κ2) is 10.8. The number of halogens is 2. The Morgan fingerprint density at radius 3 is 2.53 bits per heavy atom. The summed E-state index contributed by atoms with van der Waals surface area (Å²) in [5.41, 5.74) is 5.25. The molecule has 6 heteroatoms. The van der Waals surface area contributed by atoms with E-state index in [4.69, 9.17) is 16.3 Å². The van der Waals surface area contributed by atoms with Gasteiger partial charge in [0.15, 0.2) is 0 Å². The molecule has 0 amide bonds. The van der Waals surface area contributed by atoms with Gasteiger partial charge in [0.2, 0.25) is 0 Å². The number of benzene rings is 3. The Morgan fingerprint density at radius 2 is 1.83 bits per heavy atom. The van der Waals surface area contributed by atoms with Gasteiger partial charge in [-0.05, 0) is 79.5 Å². The molecule has 0 radical (unpaired) electrons. The fraction of sp³-hybridized carbons (Fsp3) is 0.300. The Kier molecular flexibility index (Phi) is 7.70. The molecule has 188 valence electrons. The Balaban J connectivity index is 1.68. The summed E-state index contributed by atoms with van der Waals surface area (Å²) in [6, 6.07) is 14.0.